The van der Waals surface area contributed by atoms with Crippen molar-refractivity contribution in [2.45, 2.75) is 66.5 Å². The summed E-state index contributed by atoms with van der Waals surface area (Å²) in [5.74, 6) is 0.682. The Morgan fingerprint density at radius 2 is 1.14 bits per heavy atom. The lowest BCUT2D eigenvalue weighted by Gasteiger charge is -2.26. The van der Waals surface area contributed by atoms with Crippen molar-refractivity contribution in [2.24, 2.45) is 11.7 Å². The number of nitrogens with two attached hydrogens (primary N) is 1. The summed E-state index contributed by atoms with van der Waals surface area (Å²) in [5, 5.41) is 63.8. The van der Waals surface area contributed by atoms with E-state index in [2.05, 4.69) is 60.8 Å². The van der Waals surface area contributed by atoms with Crippen molar-refractivity contribution < 1.29 is 30.6 Å². The zero-order valence-electron chi connectivity index (χ0n) is 29.3. The van der Waals surface area contributed by atoms with E-state index in [1.165, 1.54) is 0 Å². The molecule has 0 saturated heterocycles. The van der Waals surface area contributed by atoms with Crippen LogP contribution in [-0.2, 0) is 0 Å². The molecule has 13 nitrogen and oxygen atoms in total. The van der Waals surface area contributed by atoms with Gasteiger partial charge in [-0.1, -0.05) is 48.0 Å². The van der Waals surface area contributed by atoms with Crippen molar-refractivity contribution >= 4 is 0 Å². The molecule has 0 fully saturated rings. The molecule has 0 radical (unpaired) electrons. The van der Waals surface area contributed by atoms with Gasteiger partial charge in [-0.3, -0.25) is 0 Å². The van der Waals surface area contributed by atoms with Crippen LogP contribution in [0.15, 0.2) is 0 Å². The molecule has 0 aliphatic rings. The van der Waals surface area contributed by atoms with E-state index in [-0.39, 0.29) is 51.7 Å². The van der Waals surface area contributed by atoms with Crippen molar-refractivity contribution in [1.82, 2.24) is 31.1 Å². The van der Waals surface area contributed by atoms with Crippen LogP contribution >= 0.6 is 0 Å². The number of nitrogens with one attached hydrogen (secondary N) is 4. The topological polar surface area (TPSA) is 202 Å². The largest absolute Gasteiger partial charge is 0.395 e. The Bertz CT molecular complexity index is 438. The van der Waals surface area contributed by atoms with Crippen LogP contribution < -0.4 is 27.0 Å². The van der Waals surface area contributed by atoms with Crippen molar-refractivity contribution in [2.75, 3.05) is 126 Å². The zero-order valence-corrected chi connectivity index (χ0v) is 29.3. The van der Waals surface area contributed by atoms with Crippen LogP contribution in [0.5, 0.6) is 0 Å². The smallest absolute Gasteiger partial charge is 0.0600 e. The number of unbranched alkanes of at least 4 members (excludes halogenated alkanes) is 1. The maximum Gasteiger partial charge on any atom is 0.0600 e. The number of nitrogens with zero attached hydrogens (tertiary/aromatic N) is 2. The number of aliphatic hydroxyl groups excluding tert-OH is 6. The summed E-state index contributed by atoms with van der Waals surface area (Å²) in [5.41, 5.74) is 5.37. The monoisotopic (exact) mass is 632 g/mol. The fraction of sp³-hybridized carbons (Fsp3) is 1.00. The molecule has 0 amide bonds. The molecule has 0 aliphatic heterocycles. The van der Waals surface area contributed by atoms with Crippen LogP contribution in [0.4, 0.5) is 0 Å². The van der Waals surface area contributed by atoms with E-state index in [1.54, 1.807) is 0 Å². The summed E-state index contributed by atoms with van der Waals surface area (Å²) < 4.78 is 0. The molecule has 43 heavy (non-hydrogen) atoms. The Kier molecular flexibility index (Phi) is 58.5. The van der Waals surface area contributed by atoms with Crippen LogP contribution in [0.25, 0.3) is 0 Å². The van der Waals surface area contributed by atoms with E-state index in [0.29, 0.717) is 19.0 Å². The van der Waals surface area contributed by atoms with Crippen LogP contribution in [0.2, 0.25) is 0 Å². The van der Waals surface area contributed by atoms with E-state index in [0.717, 1.165) is 71.7 Å². The van der Waals surface area contributed by atoms with Crippen LogP contribution in [0, 0.1) is 5.92 Å². The first-order chi connectivity index (χ1) is 20.6. The van der Waals surface area contributed by atoms with Crippen molar-refractivity contribution in [1.29, 1.82) is 0 Å². The Labute approximate surface area is 265 Å². The van der Waals surface area contributed by atoms with Crippen LogP contribution in [-0.4, -0.2) is 178 Å². The van der Waals surface area contributed by atoms with E-state index < -0.39 is 0 Å². The maximum absolute atomic E-state index is 9.18. The molecule has 2 unspecified atom stereocenters. The van der Waals surface area contributed by atoms with Gasteiger partial charge in [0.2, 0.25) is 0 Å². The molecule has 2 atom stereocenters. The third kappa shape index (κ3) is 54.4. The molecule has 13 heteroatoms. The van der Waals surface area contributed by atoms with Crippen LogP contribution in [0.1, 0.15) is 54.4 Å². The van der Waals surface area contributed by atoms with Gasteiger partial charge in [0.15, 0.2) is 0 Å². The Morgan fingerprint density at radius 1 is 0.651 bits per heavy atom. The van der Waals surface area contributed by atoms with Gasteiger partial charge in [-0.2, -0.15) is 0 Å². The molecule has 268 valence electrons. The first-order valence-corrected chi connectivity index (χ1v) is 16.2. The van der Waals surface area contributed by atoms with E-state index in [4.69, 9.17) is 31.3 Å². The Hall–Kier alpha value is -0.520. The fourth-order valence-corrected chi connectivity index (χ4v) is 3.01. The summed E-state index contributed by atoms with van der Waals surface area (Å²) in [6.45, 7) is 22.7. The molecule has 0 heterocycles. The highest BCUT2D eigenvalue weighted by atomic mass is 16.3. The fourth-order valence-electron chi connectivity index (χ4n) is 3.01. The third-order valence-corrected chi connectivity index (χ3v) is 5.60. The highest BCUT2D eigenvalue weighted by molar-refractivity contribution is 4.81. The number of rotatable bonds is 23. The average Bonchev–Trinajstić information content (AvgIpc) is 2.99. The van der Waals surface area contributed by atoms with Crippen LogP contribution in [0.3, 0.4) is 0 Å². The minimum atomic E-state index is -0.129. The van der Waals surface area contributed by atoms with Gasteiger partial charge in [0.05, 0.1) is 39.6 Å². The van der Waals surface area contributed by atoms with E-state index >= 15 is 0 Å². The zero-order chi connectivity index (χ0) is 34.2. The van der Waals surface area contributed by atoms with E-state index in [1.807, 2.05) is 25.9 Å². The molecule has 0 spiro atoms. The summed E-state index contributed by atoms with van der Waals surface area (Å²) >= 11 is 0. The van der Waals surface area contributed by atoms with Gasteiger partial charge in [0, 0.05) is 51.4 Å². The van der Waals surface area contributed by atoms with E-state index in [9.17, 15) is 5.11 Å². The second-order valence-corrected chi connectivity index (χ2v) is 10.3. The number of hydrogen-bond acceptors (Lipinski definition) is 13. The predicted molar refractivity (Wildman–Crippen MR) is 183 cm³/mol. The van der Waals surface area contributed by atoms with Crippen molar-refractivity contribution in [3.63, 3.8) is 0 Å². The molecule has 0 aromatic heterocycles. The van der Waals surface area contributed by atoms with Gasteiger partial charge < -0.3 is 67.4 Å². The quantitative estimate of drug-likeness (QED) is 0.0572. The standard InChI is InChI=1S/C10H25N3O2.2C6H15NO.2C4H11NO/c1-2-3-5-12-9(7-14)10(8-15)13-6-4-11;1-6(2)5-7-3-4-8;1-3-7(4-2)5-6-8;1-5(2)3-4-6;1-2-5-3-4-6/h9-10,12-15H,2-8,11H2,1H3;6-8H,3-5H2,1-2H3;8H,3-6H2,1-2H3;6H,3-4H2,1-2H3;5-6H,2-4H2,1H3. The molecule has 12 N–H and O–H groups in total. The number of hydrogen-bond donors (Lipinski definition) is 11. The lowest BCUT2D eigenvalue weighted by Crippen LogP contribution is -2.53. The van der Waals surface area contributed by atoms with Crippen molar-refractivity contribution in [3.8, 4) is 0 Å². The summed E-state index contributed by atoms with van der Waals surface area (Å²) in [6, 6.07) is -0.233. The lowest BCUT2D eigenvalue weighted by atomic mass is 10.1. The van der Waals surface area contributed by atoms with Gasteiger partial charge in [-0.25, -0.2) is 0 Å². The van der Waals surface area contributed by atoms with Gasteiger partial charge in [-0.15, -0.1) is 0 Å². The SMILES string of the molecule is CC(C)CNCCO.CCCCNC(CO)C(CO)NCCN.CCN(CC)CCO.CCNCCO.CN(C)CCO. The normalized spacial score (nSPS) is 11.9. The van der Waals surface area contributed by atoms with Gasteiger partial charge >= 0.3 is 0 Å². The summed E-state index contributed by atoms with van der Waals surface area (Å²) in [6.07, 6.45) is 2.19. The maximum atomic E-state index is 9.18. The molecule has 0 saturated carbocycles. The third-order valence-electron chi connectivity index (χ3n) is 5.60. The first-order valence-electron chi connectivity index (χ1n) is 16.2. The second kappa shape index (κ2) is 48.4. The van der Waals surface area contributed by atoms with Gasteiger partial charge in [0.25, 0.3) is 0 Å². The highest BCUT2D eigenvalue weighted by Crippen LogP contribution is 1.94. The molecule has 0 aromatic carbocycles. The molecular weight excluding hydrogens is 554 g/mol. The van der Waals surface area contributed by atoms with Gasteiger partial charge in [-0.05, 0) is 59.2 Å². The minimum absolute atomic E-state index is 0.00432. The Morgan fingerprint density at radius 3 is 1.40 bits per heavy atom. The predicted octanol–water partition coefficient (Wildman–Crippen LogP) is -1.68. The molecule has 0 aromatic rings. The molecular formula is C30H77N7O6. The molecule has 0 rings (SSSR count). The summed E-state index contributed by atoms with van der Waals surface area (Å²) in [7, 11) is 3.85. The highest BCUT2D eigenvalue weighted by Gasteiger charge is 2.18. The summed E-state index contributed by atoms with van der Waals surface area (Å²) in [4.78, 5) is 4.11. The number of aliphatic hydroxyl groups is 6. The first kappa shape index (κ1) is 52.0. The number of likely N-dealkylation sites (N-methyl/N-ethyl adjacent to an activating group) is 3. The van der Waals surface area contributed by atoms with Crippen molar-refractivity contribution in [3.05, 3.63) is 0 Å². The molecule has 0 aliphatic carbocycles. The Balaban J connectivity index is -0.000000148. The molecule has 0 bridgehead atoms. The average molecular weight is 632 g/mol. The van der Waals surface area contributed by atoms with Gasteiger partial charge in [0.1, 0.15) is 0 Å². The lowest BCUT2D eigenvalue weighted by molar-refractivity contribution is 0.160. The minimum Gasteiger partial charge on any atom is -0.395 e. The second-order valence-electron chi connectivity index (χ2n) is 10.3.